The van der Waals surface area contributed by atoms with Gasteiger partial charge in [0, 0.05) is 0 Å². The van der Waals surface area contributed by atoms with E-state index < -0.39 is 0 Å². The van der Waals surface area contributed by atoms with Crippen LogP contribution in [0.4, 0.5) is 0 Å². The molecule has 0 aliphatic heterocycles. The summed E-state index contributed by atoms with van der Waals surface area (Å²) < 4.78 is 0. The Morgan fingerprint density at radius 3 is 2.17 bits per heavy atom. The zero-order valence-corrected chi connectivity index (χ0v) is 10.5. The number of hydrogen-bond acceptors (Lipinski definition) is 2. The molecule has 1 N–H and O–H groups in total. The van der Waals surface area contributed by atoms with Gasteiger partial charge in [0.2, 0.25) is 0 Å². The van der Waals surface area contributed by atoms with E-state index in [-0.39, 0.29) is 6.04 Å². The predicted molar refractivity (Wildman–Crippen MR) is 74.5 cm³/mol. The minimum absolute atomic E-state index is 0.104. The van der Waals surface area contributed by atoms with Crippen molar-refractivity contribution in [2.45, 2.75) is 12.5 Å². The van der Waals surface area contributed by atoms with Crippen LogP contribution in [-0.2, 0) is 11.2 Å². The highest BCUT2D eigenvalue weighted by Gasteiger charge is 2.05. The Labute approximate surface area is 108 Å². The number of benzene rings is 2. The second-order valence-corrected chi connectivity index (χ2v) is 4.30. The van der Waals surface area contributed by atoms with Crippen LogP contribution in [0, 0.1) is 0 Å². The van der Waals surface area contributed by atoms with Crippen LogP contribution >= 0.6 is 0 Å². The van der Waals surface area contributed by atoms with E-state index in [1.807, 2.05) is 18.2 Å². The van der Waals surface area contributed by atoms with Crippen LogP contribution < -0.4 is 5.32 Å². The molecule has 2 aromatic rings. The lowest BCUT2D eigenvalue weighted by Gasteiger charge is -2.09. The van der Waals surface area contributed by atoms with Gasteiger partial charge in [0.15, 0.2) is 0 Å². The Morgan fingerprint density at radius 2 is 1.61 bits per heavy atom. The molecule has 2 heteroatoms. The normalized spacial score (nSPS) is 12.1. The maximum atomic E-state index is 10.8. The highest BCUT2D eigenvalue weighted by molar-refractivity contribution is 5.64. The van der Waals surface area contributed by atoms with Crippen LogP contribution in [0.2, 0.25) is 0 Å². The Morgan fingerprint density at radius 1 is 1.00 bits per heavy atom. The van der Waals surface area contributed by atoms with E-state index >= 15 is 0 Å². The van der Waals surface area contributed by atoms with Crippen molar-refractivity contribution in [2.24, 2.45) is 0 Å². The highest BCUT2D eigenvalue weighted by Crippen LogP contribution is 2.19. The molecule has 0 radical (unpaired) electrons. The average molecular weight is 239 g/mol. The number of aldehydes is 1. The molecule has 0 unspecified atom stereocenters. The molecule has 0 bridgehead atoms. The fourth-order valence-electron chi connectivity index (χ4n) is 1.94. The van der Waals surface area contributed by atoms with Crippen molar-refractivity contribution in [3.8, 4) is 11.1 Å². The van der Waals surface area contributed by atoms with E-state index in [1.165, 1.54) is 16.7 Å². The molecule has 0 spiro atoms. The molecule has 0 aliphatic rings. The summed E-state index contributed by atoms with van der Waals surface area (Å²) in [5.74, 6) is 0. The van der Waals surface area contributed by atoms with Crippen LogP contribution in [-0.4, -0.2) is 19.4 Å². The van der Waals surface area contributed by atoms with Gasteiger partial charge in [0.25, 0.3) is 0 Å². The molecule has 0 heterocycles. The molecule has 0 saturated heterocycles. The molecule has 1 atom stereocenters. The Hall–Kier alpha value is -1.93. The summed E-state index contributed by atoms with van der Waals surface area (Å²) in [5, 5.41) is 2.98. The molecular weight excluding hydrogens is 222 g/mol. The minimum atomic E-state index is -0.104. The number of hydrogen-bond donors (Lipinski definition) is 1. The topological polar surface area (TPSA) is 29.1 Å². The van der Waals surface area contributed by atoms with Crippen molar-refractivity contribution in [3.63, 3.8) is 0 Å². The Balaban J connectivity index is 2.13. The minimum Gasteiger partial charge on any atom is -0.311 e. The van der Waals surface area contributed by atoms with Crippen LogP contribution in [0.3, 0.4) is 0 Å². The first kappa shape index (κ1) is 12.5. The van der Waals surface area contributed by atoms with Gasteiger partial charge in [0.1, 0.15) is 6.29 Å². The standard InChI is InChI=1S/C16H17NO/c1-17-16(12-18)11-13-7-9-15(10-8-13)14-5-3-2-4-6-14/h2-10,12,16-17H,11H2,1H3/t16-/m0/s1. The smallest absolute Gasteiger partial charge is 0.137 e. The average Bonchev–Trinajstić information content (AvgIpc) is 2.46. The number of carbonyl (C=O) groups is 1. The molecule has 0 fully saturated rings. The van der Waals surface area contributed by atoms with Gasteiger partial charge in [-0.2, -0.15) is 0 Å². The fraction of sp³-hybridized carbons (Fsp3) is 0.188. The number of carbonyl (C=O) groups excluding carboxylic acids is 1. The summed E-state index contributed by atoms with van der Waals surface area (Å²) >= 11 is 0. The molecule has 18 heavy (non-hydrogen) atoms. The van der Waals surface area contributed by atoms with Crippen molar-refractivity contribution < 1.29 is 4.79 Å². The molecule has 2 rings (SSSR count). The third kappa shape index (κ3) is 3.05. The maximum absolute atomic E-state index is 10.8. The van der Waals surface area contributed by atoms with Crippen LogP contribution in [0.15, 0.2) is 54.6 Å². The summed E-state index contributed by atoms with van der Waals surface area (Å²) in [6.45, 7) is 0. The van der Waals surface area contributed by atoms with E-state index in [9.17, 15) is 4.79 Å². The predicted octanol–water partition coefficient (Wildman–Crippen LogP) is 2.68. The van der Waals surface area contributed by atoms with E-state index in [0.717, 1.165) is 12.7 Å². The van der Waals surface area contributed by atoms with Crippen molar-refractivity contribution in [1.82, 2.24) is 5.32 Å². The summed E-state index contributed by atoms with van der Waals surface area (Å²) in [6.07, 6.45) is 1.68. The van der Waals surface area contributed by atoms with Crippen molar-refractivity contribution >= 4 is 6.29 Å². The molecule has 0 aliphatic carbocycles. The summed E-state index contributed by atoms with van der Waals surface area (Å²) in [4.78, 5) is 10.8. The van der Waals surface area contributed by atoms with Gasteiger partial charge < -0.3 is 10.1 Å². The lowest BCUT2D eigenvalue weighted by molar-refractivity contribution is -0.109. The van der Waals surface area contributed by atoms with Crippen LogP contribution in [0.1, 0.15) is 5.56 Å². The molecule has 0 amide bonds. The lowest BCUT2D eigenvalue weighted by Crippen LogP contribution is -2.28. The van der Waals surface area contributed by atoms with E-state index in [4.69, 9.17) is 0 Å². The summed E-state index contributed by atoms with van der Waals surface area (Å²) in [6, 6.07) is 18.5. The quantitative estimate of drug-likeness (QED) is 0.813. The number of likely N-dealkylation sites (N-methyl/N-ethyl adjacent to an activating group) is 1. The molecular formula is C16H17NO. The highest BCUT2D eigenvalue weighted by atomic mass is 16.1. The maximum Gasteiger partial charge on any atom is 0.137 e. The van der Waals surface area contributed by atoms with Crippen molar-refractivity contribution in [3.05, 3.63) is 60.2 Å². The van der Waals surface area contributed by atoms with E-state index in [1.54, 1.807) is 7.05 Å². The fourth-order valence-corrected chi connectivity index (χ4v) is 1.94. The van der Waals surface area contributed by atoms with Gasteiger partial charge in [-0.05, 0) is 30.2 Å². The molecule has 92 valence electrons. The number of rotatable bonds is 5. The zero-order valence-electron chi connectivity index (χ0n) is 10.5. The second-order valence-electron chi connectivity index (χ2n) is 4.30. The first-order valence-electron chi connectivity index (χ1n) is 6.10. The van der Waals surface area contributed by atoms with E-state index in [0.29, 0.717) is 0 Å². The third-order valence-electron chi connectivity index (χ3n) is 3.05. The zero-order chi connectivity index (χ0) is 12.8. The molecule has 0 saturated carbocycles. The van der Waals surface area contributed by atoms with Crippen molar-refractivity contribution in [1.29, 1.82) is 0 Å². The monoisotopic (exact) mass is 239 g/mol. The van der Waals surface area contributed by atoms with Gasteiger partial charge >= 0.3 is 0 Å². The Bertz CT molecular complexity index is 490. The molecule has 0 aromatic heterocycles. The second kappa shape index (κ2) is 6.12. The largest absolute Gasteiger partial charge is 0.311 e. The van der Waals surface area contributed by atoms with Gasteiger partial charge in [-0.3, -0.25) is 0 Å². The SMILES string of the molecule is CN[C@H](C=O)Cc1ccc(-c2ccccc2)cc1. The number of nitrogens with one attached hydrogen (secondary N) is 1. The summed E-state index contributed by atoms with van der Waals surface area (Å²) in [5.41, 5.74) is 3.58. The molecule has 2 aromatic carbocycles. The molecule has 2 nitrogen and oxygen atoms in total. The van der Waals surface area contributed by atoms with E-state index in [2.05, 4.69) is 41.7 Å². The van der Waals surface area contributed by atoms with Gasteiger partial charge in [-0.25, -0.2) is 0 Å². The van der Waals surface area contributed by atoms with Gasteiger partial charge in [-0.1, -0.05) is 54.6 Å². The van der Waals surface area contributed by atoms with Gasteiger partial charge in [-0.15, -0.1) is 0 Å². The lowest BCUT2D eigenvalue weighted by atomic mass is 10.0. The van der Waals surface area contributed by atoms with Crippen LogP contribution in [0.25, 0.3) is 11.1 Å². The van der Waals surface area contributed by atoms with Gasteiger partial charge in [0.05, 0.1) is 6.04 Å². The van der Waals surface area contributed by atoms with Crippen LogP contribution in [0.5, 0.6) is 0 Å². The first-order chi connectivity index (χ1) is 8.83. The summed E-state index contributed by atoms with van der Waals surface area (Å²) in [7, 11) is 1.80. The first-order valence-corrected chi connectivity index (χ1v) is 6.10. The Kier molecular flexibility index (Phi) is 4.26. The third-order valence-corrected chi connectivity index (χ3v) is 3.05. The van der Waals surface area contributed by atoms with Crippen molar-refractivity contribution in [2.75, 3.05) is 7.05 Å².